The number of esters is 1. The van der Waals surface area contributed by atoms with Crippen molar-refractivity contribution in [3.63, 3.8) is 0 Å². The molecule has 0 bridgehead atoms. The van der Waals surface area contributed by atoms with Crippen LogP contribution in [0.1, 0.15) is 39.5 Å². The third-order valence-electron chi connectivity index (χ3n) is 4.42. The van der Waals surface area contributed by atoms with Gasteiger partial charge in [0, 0.05) is 13.1 Å². The Bertz CT molecular complexity index is 554. The molecule has 0 aromatic heterocycles. The summed E-state index contributed by atoms with van der Waals surface area (Å²) in [6.45, 7) is 5.10. The molecule has 0 radical (unpaired) electrons. The first-order valence-electron chi connectivity index (χ1n) is 8.79. The minimum atomic E-state index is -0.594. The second-order valence-corrected chi connectivity index (χ2v) is 6.82. The summed E-state index contributed by atoms with van der Waals surface area (Å²) in [5.74, 6) is 1.91. The second-order valence-electron chi connectivity index (χ2n) is 6.82. The number of carbonyl (C=O) groups excluding carboxylic acids is 3. The molecule has 2 fully saturated rings. The van der Waals surface area contributed by atoms with Gasteiger partial charge in [0.05, 0.1) is 6.61 Å². The van der Waals surface area contributed by atoms with E-state index in [1.54, 1.807) is 4.90 Å². The number of likely N-dealkylation sites (tertiary alicyclic amines) is 2. The lowest BCUT2D eigenvalue weighted by Crippen LogP contribution is -2.51. The summed E-state index contributed by atoms with van der Waals surface area (Å²) in [4.78, 5) is 40.2. The van der Waals surface area contributed by atoms with Gasteiger partial charge in [-0.3, -0.25) is 9.69 Å². The second kappa shape index (κ2) is 8.75. The molecule has 0 N–H and O–H groups in total. The Kier molecular flexibility index (Phi) is 6.68. The van der Waals surface area contributed by atoms with E-state index < -0.39 is 18.2 Å². The molecule has 7 heteroatoms. The average Bonchev–Trinajstić information content (AvgIpc) is 3.25. The molecule has 7 nitrogen and oxygen atoms in total. The highest BCUT2D eigenvalue weighted by Crippen LogP contribution is 2.26. The molecule has 2 aliphatic heterocycles. The van der Waals surface area contributed by atoms with E-state index >= 15 is 0 Å². The van der Waals surface area contributed by atoms with Crippen molar-refractivity contribution < 1.29 is 23.9 Å². The Morgan fingerprint density at radius 1 is 1.08 bits per heavy atom. The first-order valence-corrected chi connectivity index (χ1v) is 8.79. The van der Waals surface area contributed by atoms with Crippen LogP contribution in [0.3, 0.4) is 0 Å². The largest absolute Gasteiger partial charge is 0.464 e. The molecular weight excluding hydrogens is 324 g/mol. The van der Waals surface area contributed by atoms with Crippen molar-refractivity contribution in [2.24, 2.45) is 5.92 Å². The van der Waals surface area contributed by atoms with E-state index in [9.17, 15) is 14.4 Å². The maximum atomic E-state index is 12.9. The van der Waals surface area contributed by atoms with Gasteiger partial charge in [0.15, 0.2) is 6.61 Å². The van der Waals surface area contributed by atoms with Crippen molar-refractivity contribution in [2.75, 3.05) is 26.3 Å². The van der Waals surface area contributed by atoms with Crippen molar-refractivity contribution in [1.29, 1.82) is 0 Å². The lowest BCUT2D eigenvalue weighted by Gasteiger charge is -2.30. The number of terminal acetylenes is 1. The van der Waals surface area contributed by atoms with E-state index in [1.807, 2.05) is 13.8 Å². The summed E-state index contributed by atoms with van der Waals surface area (Å²) in [7, 11) is 0. The van der Waals surface area contributed by atoms with Crippen LogP contribution in [0.15, 0.2) is 0 Å². The number of ether oxygens (including phenoxy) is 2. The van der Waals surface area contributed by atoms with Gasteiger partial charge in [0.25, 0.3) is 0 Å². The van der Waals surface area contributed by atoms with Crippen LogP contribution >= 0.6 is 0 Å². The Labute approximate surface area is 148 Å². The lowest BCUT2D eigenvalue weighted by atomic mass is 10.1. The average molecular weight is 350 g/mol. The van der Waals surface area contributed by atoms with E-state index in [4.69, 9.17) is 15.9 Å². The fraction of sp³-hybridized carbons (Fsp3) is 0.722. The Hall–Kier alpha value is -2.23. The van der Waals surface area contributed by atoms with Gasteiger partial charge in [-0.25, -0.2) is 9.59 Å². The predicted octanol–water partition coefficient (Wildman–Crippen LogP) is 1.41. The zero-order chi connectivity index (χ0) is 18.4. The summed E-state index contributed by atoms with van der Waals surface area (Å²) >= 11 is 0. The predicted molar refractivity (Wildman–Crippen MR) is 90.4 cm³/mol. The fourth-order valence-electron chi connectivity index (χ4n) is 3.24. The first kappa shape index (κ1) is 19.1. The number of carbonyl (C=O) groups is 3. The molecule has 0 saturated carbocycles. The van der Waals surface area contributed by atoms with Gasteiger partial charge in [-0.05, 0) is 31.6 Å². The van der Waals surface area contributed by atoms with Crippen molar-refractivity contribution in [2.45, 2.75) is 51.6 Å². The number of nitrogens with zero attached hydrogens (tertiary/aromatic N) is 2. The highest BCUT2D eigenvalue weighted by Gasteiger charge is 2.43. The van der Waals surface area contributed by atoms with E-state index in [0.29, 0.717) is 32.5 Å². The SMILES string of the molecule is C#CCOC(=O)N1CCCC1C(=O)N1CCCC1C(=O)OCC(C)C. The zero-order valence-electron chi connectivity index (χ0n) is 14.9. The molecule has 2 unspecified atom stereocenters. The Morgan fingerprint density at radius 3 is 2.36 bits per heavy atom. The number of amides is 2. The van der Waals surface area contributed by atoms with Gasteiger partial charge in [-0.2, -0.15) is 0 Å². The van der Waals surface area contributed by atoms with Gasteiger partial charge in [0.1, 0.15) is 12.1 Å². The normalized spacial score (nSPS) is 22.8. The molecule has 25 heavy (non-hydrogen) atoms. The van der Waals surface area contributed by atoms with Crippen LogP contribution in [0.5, 0.6) is 0 Å². The molecule has 138 valence electrons. The standard InChI is InChI=1S/C18H26N2O5/c1-4-11-24-18(23)20-10-5-7-14(20)16(21)19-9-6-8-15(19)17(22)25-12-13(2)3/h1,13-15H,5-12H2,2-3H3. The Balaban J connectivity index is 2.01. The third kappa shape index (κ3) is 4.65. The van der Waals surface area contributed by atoms with E-state index in [-0.39, 0.29) is 24.4 Å². The minimum absolute atomic E-state index is 0.121. The van der Waals surface area contributed by atoms with E-state index in [0.717, 1.165) is 12.8 Å². The van der Waals surface area contributed by atoms with Crippen LogP contribution in [0.25, 0.3) is 0 Å². The number of hydrogen-bond acceptors (Lipinski definition) is 5. The van der Waals surface area contributed by atoms with Crippen molar-refractivity contribution in [1.82, 2.24) is 9.80 Å². The number of hydrogen-bond donors (Lipinski definition) is 0. The van der Waals surface area contributed by atoms with Crippen LogP contribution in [0.4, 0.5) is 4.79 Å². The van der Waals surface area contributed by atoms with Crippen molar-refractivity contribution in [3.8, 4) is 12.3 Å². The van der Waals surface area contributed by atoms with Gasteiger partial charge in [-0.1, -0.05) is 19.8 Å². The summed E-state index contributed by atoms with van der Waals surface area (Å²) < 4.78 is 10.2. The summed E-state index contributed by atoms with van der Waals surface area (Å²) in [5.41, 5.74) is 0. The molecule has 2 atom stereocenters. The summed E-state index contributed by atoms with van der Waals surface area (Å²) in [6, 6.07) is -1.15. The van der Waals surface area contributed by atoms with Crippen molar-refractivity contribution >= 4 is 18.0 Å². The van der Waals surface area contributed by atoms with Crippen LogP contribution < -0.4 is 0 Å². The first-order chi connectivity index (χ1) is 12.0. The molecular formula is C18H26N2O5. The summed E-state index contributed by atoms with van der Waals surface area (Å²) in [5, 5.41) is 0. The van der Waals surface area contributed by atoms with Crippen molar-refractivity contribution in [3.05, 3.63) is 0 Å². The molecule has 2 rings (SSSR count). The summed E-state index contributed by atoms with van der Waals surface area (Å²) in [6.07, 6.45) is 7.15. The lowest BCUT2D eigenvalue weighted by molar-refractivity contribution is -0.155. The topological polar surface area (TPSA) is 76.2 Å². The molecule has 0 aromatic carbocycles. The quantitative estimate of drug-likeness (QED) is 0.553. The molecule has 0 spiro atoms. The number of rotatable bonds is 5. The highest BCUT2D eigenvalue weighted by atomic mass is 16.6. The molecule has 0 aliphatic carbocycles. The highest BCUT2D eigenvalue weighted by molar-refractivity contribution is 5.90. The smallest absolute Gasteiger partial charge is 0.411 e. The zero-order valence-corrected chi connectivity index (χ0v) is 14.9. The van der Waals surface area contributed by atoms with E-state index in [2.05, 4.69) is 5.92 Å². The minimum Gasteiger partial charge on any atom is -0.464 e. The maximum Gasteiger partial charge on any atom is 0.411 e. The van der Waals surface area contributed by atoms with Gasteiger partial charge in [0.2, 0.25) is 5.91 Å². The molecule has 2 amide bonds. The molecule has 2 aliphatic rings. The maximum absolute atomic E-state index is 12.9. The van der Waals surface area contributed by atoms with Crippen LogP contribution in [-0.2, 0) is 19.1 Å². The molecule has 2 heterocycles. The van der Waals surface area contributed by atoms with E-state index in [1.165, 1.54) is 4.90 Å². The van der Waals surface area contributed by atoms with Crippen LogP contribution in [0.2, 0.25) is 0 Å². The van der Waals surface area contributed by atoms with Gasteiger partial charge >= 0.3 is 12.1 Å². The van der Waals surface area contributed by atoms with Gasteiger partial charge < -0.3 is 14.4 Å². The van der Waals surface area contributed by atoms with Crippen LogP contribution in [0, 0.1) is 18.3 Å². The molecule has 0 aromatic rings. The molecule has 2 saturated heterocycles. The Morgan fingerprint density at radius 2 is 1.72 bits per heavy atom. The van der Waals surface area contributed by atoms with Gasteiger partial charge in [-0.15, -0.1) is 6.42 Å². The van der Waals surface area contributed by atoms with Crippen LogP contribution in [-0.4, -0.2) is 66.2 Å². The monoisotopic (exact) mass is 350 g/mol. The third-order valence-corrected chi connectivity index (χ3v) is 4.42. The fourth-order valence-corrected chi connectivity index (χ4v) is 3.24.